The third-order valence-electron chi connectivity index (χ3n) is 1.85. The monoisotopic (exact) mass is 168 g/mol. The van der Waals surface area contributed by atoms with Crippen LogP contribution in [0.15, 0.2) is 24.3 Å². The van der Waals surface area contributed by atoms with Crippen molar-refractivity contribution in [3.05, 3.63) is 24.3 Å². The summed E-state index contributed by atoms with van der Waals surface area (Å²) in [6.07, 6.45) is 9.63. The van der Waals surface area contributed by atoms with Crippen LogP contribution in [0, 0.1) is 0 Å². The second-order valence-corrected chi connectivity index (χ2v) is 3.10. The molecule has 0 aromatic rings. The first kappa shape index (κ1) is 11.4. The minimum Gasteiger partial charge on any atom is -0.396 e. The number of hydrogen-bond acceptors (Lipinski definition) is 1. The van der Waals surface area contributed by atoms with E-state index in [4.69, 9.17) is 5.11 Å². The Bertz CT molecular complexity index is 136. The number of allylic oxidation sites excluding steroid dienone is 2. The molecule has 0 spiro atoms. The first-order valence-electron chi connectivity index (χ1n) is 4.68. The van der Waals surface area contributed by atoms with Crippen LogP contribution in [0.25, 0.3) is 0 Å². The molecule has 12 heavy (non-hydrogen) atoms. The van der Waals surface area contributed by atoms with E-state index in [0.717, 1.165) is 19.3 Å². The first-order chi connectivity index (χ1) is 5.81. The largest absolute Gasteiger partial charge is 0.396 e. The standard InChI is InChI=1S/C11H20O/c1-3-4-5-6-8-11(2)9-7-10-12/h3,9,12H,1,4-8,10H2,2H3/b11-9+. The van der Waals surface area contributed by atoms with Gasteiger partial charge in [-0.3, -0.25) is 0 Å². The van der Waals surface area contributed by atoms with E-state index in [-0.39, 0.29) is 6.61 Å². The van der Waals surface area contributed by atoms with E-state index in [1.807, 2.05) is 6.08 Å². The predicted octanol–water partition coefficient (Wildman–Crippen LogP) is 3.06. The Morgan fingerprint density at radius 1 is 1.33 bits per heavy atom. The topological polar surface area (TPSA) is 20.2 Å². The van der Waals surface area contributed by atoms with Crippen molar-refractivity contribution < 1.29 is 5.11 Å². The average molecular weight is 168 g/mol. The van der Waals surface area contributed by atoms with Gasteiger partial charge in [0, 0.05) is 6.61 Å². The van der Waals surface area contributed by atoms with Crippen LogP contribution >= 0.6 is 0 Å². The summed E-state index contributed by atoms with van der Waals surface area (Å²) in [6.45, 7) is 6.08. The van der Waals surface area contributed by atoms with Gasteiger partial charge in [0.15, 0.2) is 0 Å². The van der Waals surface area contributed by atoms with Gasteiger partial charge in [-0.1, -0.05) is 17.7 Å². The van der Waals surface area contributed by atoms with Crippen molar-refractivity contribution in [1.82, 2.24) is 0 Å². The molecule has 0 aliphatic heterocycles. The zero-order valence-electron chi connectivity index (χ0n) is 8.05. The lowest BCUT2D eigenvalue weighted by Crippen LogP contribution is -1.82. The Balaban J connectivity index is 3.29. The molecule has 0 aliphatic carbocycles. The van der Waals surface area contributed by atoms with Crippen LogP contribution in [0.5, 0.6) is 0 Å². The van der Waals surface area contributed by atoms with E-state index in [0.29, 0.717) is 0 Å². The number of aliphatic hydroxyl groups excluding tert-OH is 1. The van der Waals surface area contributed by atoms with Crippen molar-refractivity contribution in [2.24, 2.45) is 0 Å². The Morgan fingerprint density at radius 3 is 2.67 bits per heavy atom. The molecular weight excluding hydrogens is 148 g/mol. The van der Waals surface area contributed by atoms with Crippen LogP contribution in [0.2, 0.25) is 0 Å². The summed E-state index contributed by atoms with van der Waals surface area (Å²) in [5.41, 5.74) is 1.40. The van der Waals surface area contributed by atoms with Crippen molar-refractivity contribution in [2.45, 2.75) is 39.0 Å². The quantitative estimate of drug-likeness (QED) is 0.457. The Labute approximate surface area is 75.8 Å². The molecule has 0 aliphatic rings. The summed E-state index contributed by atoms with van der Waals surface area (Å²) < 4.78 is 0. The van der Waals surface area contributed by atoms with Gasteiger partial charge in [0.1, 0.15) is 0 Å². The van der Waals surface area contributed by atoms with Gasteiger partial charge in [-0.05, 0) is 39.0 Å². The molecule has 70 valence electrons. The van der Waals surface area contributed by atoms with E-state index < -0.39 is 0 Å². The highest BCUT2D eigenvalue weighted by molar-refractivity contribution is 4.97. The summed E-state index contributed by atoms with van der Waals surface area (Å²) in [4.78, 5) is 0. The van der Waals surface area contributed by atoms with Crippen molar-refractivity contribution >= 4 is 0 Å². The van der Waals surface area contributed by atoms with Gasteiger partial charge in [-0.2, -0.15) is 0 Å². The number of hydrogen-bond donors (Lipinski definition) is 1. The third kappa shape index (κ3) is 7.55. The summed E-state index contributed by atoms with van der Waals surface area (Å²) in [7, 11) is 0. The SMILES string of the molecule is C=CCCCC/C(C)=C/CCO. The molecule has 0 aromatic carbocycles. The maximum atomic E-state index is 8.57. The van der Waals surface area contributed by atoms with Gasteiger partial charge < -0.3 is 5.11 Å². The smallest absolute Gasteiger partial charge is 0.0465 e. The molecule has 0 saturated heterocycles. The van der Waals surface area contributed by atoms with Crippen LogP contribution in [-0.4, -0.2) is 11.7 Å². The molecule has 0 heterocycles. The summed E-state index contributed by atoms with van der Waals surface area (Å²) in [5.74, 6) is 0. The van der Waals surface area contributed by atoms with Crippen LogP contribution in [0.1, 0.15) is 39.0 Å². The maximum absolute atomic E-state index is 8.57. The molecule has 1 nitrogen and oxygen atoms in total. The van der Waals surface area contributed by atoms with Crippen LogP contribution in [0.3, 0.4) is 0 Å². The van der Waals surface area contributed by atoms with Gasteiger partial charge in [0.2, 0.25) is 0 Å². The van der Waals surface area contributed by atoms with Gasteiger partial charge in [0.05, 0.1) is 0 Å². The molecule has 0 saturated carbocycles. The Hall–Kier alpha value is -0.560. The molecule has 0 fully saturated rings. The second-order valence-electron chi connectivity index (χ2n) is 3.10. The van der Waals surface area contributed by atoms with Gasteiger partial charge in [0.25, 0.3) is 0 Å². The minimum absolute atomic E-state index is 0.268. The van der Waals surface area contributed by atoms with E-state index in [2.05, 4.69) is 19.6 Å². The highest BCUT2D eigenvalue weighted by atomic mass is 16.2. The molecule has 1 heteroatoms. The second kappa shape index (κ2) is 8.54. The maximum Gasteiger partial charge on any atom is 0.0465 e. The first-order valence-corrected chi connectivity index (χ1v) is 4.68. The van der Waals surface area contributed by atoms with Gasteiger partial charge in [-0.15, -0.1) is 6.58 Å². The fraction of sp³-hybridized carbons (Fsp3) is 0.636. The van der Waals surface area contributed by atoms with Crippen molar-refractivity contribution in [3.8, 4) is 0 Å². The van der Waals surface area contributed by atoms with E-state index in [1.165, 1.54) is 18.4 Å². The molecule has 0 bridgehead atoms. The minimum atomic E-state index is 0.268. The lowest BCUT2D eigenvalue weighted by Gasteiger charge is -1.99. The Kier molecular flexibility index (Phi) is 8.14. The van der Waals surface area contributed by atoms with Gasteiger partial charge >= 0.3 is 0 Å². The van der Waals surface area contributed by atoms with E-state index in [9.17, 15) is 0 Å². The average Bonchev–Trinajstić information content (AvgIpc) is 2.09. The molecule has 0 amide bonds. The molecule has 0 aromatic heterocycles. The molecule has 0 rings (SSSR count). The fourth-order valence-corrected chi connectivity index (χ4v) is 1.11. The van der Waals surface area contributed by atoms with E-state index in [1.54, 1.807) is 0 Å². The highest BCUT2D eigenvalue weighted by Gasteiger charge is 1.89. The number of unbranched alkanes of at least 4 members (excludes halogenated alkanes) is 2. The Morgan fingerprint density at radius 2 is 2.08 bits per heavy atom. The molecule has 0 radical (unpaired) electrons. The molecular formula is C11H20O. The lowest BCUT2D eigenvalue weighted by molar-refractivity contribution is 0.302. The van der Waals surface area contributed by atoms with Crippen LogP contribution in [0.4, 0.5) is 0 Å². The van der Waals surface area contributed by atoms with Crippen molar-refractivity contribution in [1.29, 1.82) is 0 Å². The van der Waals surface area contributed by atoms with Crippen molar-refractivity contribution in [2.75, 3.05) is 6.61 Å². The number of aliphatic hydroxyl groups is 1. The molecule has 0 unspecified atom stereocenters. The zero-order valence-corrected chi connectivity index (χ0v) is 8.05. The zero-order chi connectivity index (χ0) is 9.23. The molecule has 1 N–H and O–H groups in total. The van der Waals surface area contributed by atoms with Crippen LogP contribution in [-0.2, 0) is 0 Å². The van der Waals surface area contributed by atoms with Gasteiger partial charge in [-0.25, -0.2) is 0 Å². The summed E-state index contributed by atoms with van der Waals surface area (Å²) in [6, 6.07) is 0. The lowest BCUT2D eigenvalue weighted by atomic mass is 10.1. The summed E-state index contributed by atoms with van der Waals surface area (Å²) in [5, 5.41) is 8.57. The predicted molar refractivity (Wildman–Crippen MR) is 54.1 cm³/mol. The van der Waals surface area contributed by atoms with E-state index >= 15 is 0 Å². The molecule has 0 atom stereocenters. The fourth-order valence-electron chi connectivity index (χ4n) is 1.11. The van der Waals surface area contributed by atoms with Crippen molar-refractivity contribution in [3.63, 3.8) is 0 Å². The third-order valence-corrected chi connectivity index (χ3v) is 1.85. The normalized spacial score (nSPS) is 11.7. The summed E-state index contributed by atoms with van der Waals surface area (Å²) >= 11 is 0. The number of rotatable bonds is 7. The highest BCUT2D eigenvalue weighted by Crippen LogP contribution is 2.08. The van der Waals surface area contributed by atoms with Crippen LogP contribution < -0.4 is 0 Å².